The smallest absolute Gasteiger partial charge is 0.151 e. The van der Waals surface area contributed by atoms with Crippen LogP contribution in [0.3, 0.4) is 0 Å². The number of methoxy groups -OCH3 is 1. The zero-order valence-electron chi connectivity index (χ0n) is 14.4. The van der Waals surface area contributed by atoms with Gasteiger partial charge in [-0.3, -0.25) is 0 Å². The topological polar surface area (TPSA) is 77.2 Å². The molecule has 136 valence electrons. The third-order valence-electron chi connectivity index (χ3n) is 3.72. The van der Waals surface area contributed by atoms with Gasteiger partial charge in [0.1, 0.15) is 18.4 Å². The summed E-state index contributed by atoms with van der Waals surface area (Å²) >= 11 is 3.41. The van der Waals surface area contributed by atoms with Crippen molar-refractivity contribution in [3.05, 3.63) is 66.2 Å². The molecule has 0 unspecified atom stereocenters. The zero-order valence-corrected chi connectivity index (χ0v) is 16.1. The number of hydrogen-bond donors (Lipinski definition) is 1. The molecule has 0 aliphatic carbocycles. The number of nitrogens with zero attached hydrogens (tertiary/aromatic N) is 5. The van der Waals surface area contributed by atoms with E-state index in [1.165, 1.54) is 22.1 Å². The van der Waals surface area contributed by atoms with Crippen LogP contribution >= 0.6 is 23.1 Å². The molecule has 9 heteroatoms. The first-order valence-corrected chi connectivity index (χ1v) is 9.91. The fourth-order valence-corrected chi connectivity index (χ4v) is 4.51. The van der Waals surface area contributed by atoms with Crippen molar-refractivity contribution in [3.63, 3.8) is 0 Å². The second-order valence-electron chi connectivity index (χ2n) is 5.51. The Bertz CT molecular complexity index is 1030. The zero-order chi connectivity index (χ0) is 18.5. The Labute approximate surface area is 164 Å². The number of thioether (sulfide) groups is 1. The Kier molecular flexibility index (Phi) is 5.31. The summed E-state index contributed by atoms with van der Waals surface area (Å²) < 4.78 is 7.75. The summed E-state index contributed by atoms with van der Waals surface area (Å²) in [5, 5.41) is 8.08. The molecule has 0 bridgehead atoms. The third kappa shape index (κ3) is 4.26. The van der Waals surface area contributed by atoms with E-state index in [2.05, 4.69) is 37.8 Å². The van der Waals surface area contributed by atoms with Gasteiger partial charge in [-0.1, -0.05) is 23.9 Å². The van der Waals surface area contributed by atoms with E-state index < -0.39 is 0 Å². The first kappa shape index (κ1) is 17.5. The highest BCUT2D eigenvalue weighted by Gasteiger charge is 2.08. The molecule has 0 saturated carbocycles. The van der Waals surface area contributed by atoms with Crippen molar-refractivity contribution in [1.82, 2.24) is 19.9 Å². The number of benzene rings is 2. The molecule has 4 rings (SSSR count). The van der Waals surface area contributed by atoms with Gasteiger partial charge in [0.25, 0.3) is 0 Å². The normalized spacial score (nSPS) is 11.3. The molecule has 0 aliphatic heterocycles. The largest absolute Gasteiger partial charge is 0.496 e. The molecular formula is C18H16N6OS2. The quantitative estimate of drug-likeness (QED) is 0.291. The van der Waals surface area contributed by atoms with E-state index >= 15 is 0 Å². The number of para-hydroxylation sites is 1. The van der Waals surface area contributed by atoms with Crippen molar-refractivity contribution < 1.29 is 4.74 Å². The van der Waals surface area contributed by atoms with E-state index in [-0.39, 0.29) is 0 Å². The maximum absolute atomic E-state index is 5.50. The number of hydrazone groups is 1. The van der Waals surface area contributed by atoms with Gasteiger partial charge < -0.3 is 4.74 Å². The highest BCUT2D eigenvalue weighted by Crippen LogP contribution is 2.33. The number of aromatic nitrogens is 4. The summed E-state index contributed by atoms with van der Waals surface area (Å²) in [5.41, 5.74) is 5.85. The Balaban J connectivity index is 1.47. The van der Waals surface area contributed by atoms with E-state index in [9.17, 15) is 0 Å². The van der Waals surface area contributed by atoms with Crippen molar-refractivity contribution in [2.75, 3.05) is 12.6 Å². The number of fused-ring (bicyclic) bond motifs is 1. The molecule has 0 amide bonds. The Hall–Kier alpha value is -2.91. The third-order valence-corrected chi connectivity index (χ3v) is 5.95. The second-order valence-corrected chi connectivity index (χ2v) is 7.76. The molecule has 2 heterocycles. The number of thiazole rings is 1. The molecular weight excluding hydrogens is 380 g/mol. The maximum atomic E-state index is 5.50. The van der Waals surface area contributed by atoms with Crippen LogP contribution in [0.4, 0.5) is 0 Å². The van der Waals surface area contributed by atoms with E-state index in [1.807, 2.05) is 30.3 Å². The van der Waals surface area contributed by atoms with Gasteiger partial charge in [-0.15, -0.1) is 21.2 Å². The highest BCUT2D eigenvalue weighted by atomic mass is 32.2. The van der Waals surface area contributed by atoms with Crippen molar-refractivity contribution in [1.29, 1.82) is 0 Å². The standard InChI is InChI=1S/C18H16N6OS2/c1-25-16-7-6-13(9-20-23-24-12-19-11-21-24)8-14(16)10-26-18-22-15-4-2-3-5-17(15)27-18/h2-9,11-12,23H,10H2,1H3/b20-9+. The second kappa shape index (κ2) is 8.19. The van der Waals surface area contributed by atoms with Gasteiger partial charge in [0.2, 0.25) is 0 Å². The predicted octanol–water partition coefficient (Wildman–Crippen LogP) is 3.77. The van der Waals surface area contributed by atoms with Crippen molar-refractivity contribution in [2.45, 2.75) is 10.1 Å². The lowest BCUT2D eigenvalue weighted by atomic mass is 10.1. The number of hydrogen-bond acceptors (Lipinski definition) is 8. The van der Waals surface area contributed by atoms with Crippen LogP contribution in [-0.2, 0) is 5.75 Å². The fourth-order valence-electron chi connectivity index (χ4n) is 2.47. The van der Waals surface area contributed by atoms with Crippen molar-refractivity contribution in [3.8, 4) is 5.75 Å². The van der Waals surface area contributed by atoms with E-state index in [0.29, 0.717) is 0 Å². The summed E-state index contributed by atoms with van der Waals surface area (Å²) in [7, 11) is 1.68. The molecule has 0 aliphatic rings. The molecule has 7 nitrogen and oxygen atoms in total. The molecule has 27 heavy (non-hydrogen) atoms. The van der Waals surface area contributed by atoms with Crippen LogP contribution < -0.4 is 10.3 Å². The van der Waals surface area contributed by atoms with Crippen molar-refractivity contribution >= 4 is 39.5 Å². The molecule has 0 radical (unpaired) electrons. The predicted molar refractivity (Wildman–Crippen MR) is 109 cm³/mol. The molecule has 0 spiro atoms. The van der Waals surface area contributed by atoms with E-state index in [1.54, 1.807) is 36.4 Å². The Morgan fingerprint density at radius 3 is 3.04 bits per heavy atom. The van der Waals surface area contributed by atoms with Gasteiger partial charge in [0.05, 0.1) is 23.5 Å². The lowest BCUT2D eigenvalue weighted by molar-refractivity contribution is 0.411. The SMILES string of the molecule is COc1ccc(/C=N/Nn2cncn2)cc1CSc1nc2ccccc2s1. The highest BCUT2D eigenvalue weighted by molar-refractivity contribution is 8.00. The lowest BCUT2D eigenvalue weighted by Gasteiger charge is -2.08. The summed E-state index contributed by atoms with van der Waals surface area (Å²) in [4.78, 5) is 9.94. The molecule has 0 atom stereocenters. The molecule has 0 fully saturated rings. The average molecular weight is 397 g/mol. The minimum atomic E-state index is 0.765. The maximum Gasteiger partial charge on any atom is 0.151 e. The molecule has 4 aromatic rings. The summed E-state index contributed by atoms with van der Waals surface area (Å²) in [5.74, 6) is 1.62. The Morgan fingerprint density at radius 2 is 2.22 bits per heavy atom. The lowest BCUT2D eigenvalue weighted by Crippen LogP contribution is -2.08. The van der Waals surface area contributed by atoms with Crippen LogP contribution in [0.25, 0.3) is 10.2 Å². The van der Waals surface area contributed by atoms with E-state index in [4.69, 9.17) is 4.74 Å². The van der Waals surface area contributed by atoms with Gasteiger partial charge in [-0.2, -0.15) is 10.6 Å². The van der Waals surface area contributed by atoms with Gasteiger partial charge in [0.15, 0.2) is 4.34 Å². The molecule has 1 N–H and O–H groups in total. The van der Waals surface area contributed by atoms with Gasteiger partial charge in [0, 0.05) is 11.3 Å². The fraction of sp³-hybridized carbons (Fsp3) is 0.111. The average Bonchev–Trinajstić information content (AvgIpc) is 3.35. The monoisotopic (exact) mass is 396 g/mol. The first-order chi connectivity index (χ1) is 13.3. The number of nitrogens with one attached hydrogen (secondary N) is 1. The molecule has 2 aromatic carbocycles. The number of ether oxygens (including phenoxy) is 1. The van der Waals surface area contributed by atoms with Crippen LogP contribution in [0.15, 0.2) is 64.6 Å². The minimum absolute atomic E-state index is 0.765. The first-order valence-electron chi connectivity index (χ1n) is 8.11. The van der Waals surface area contributed by atoms with Gasteiger partial charge in [-0.25, -0.2) is 9.97 Å². The van der Waals surface area contributed by atoms with E-state index in [0.717, 1.165) is 32.5 Å². The van der Waals surface area contributed by atoms with Crippen LogP contribution in [0.2, 0.25) is 0 Å². The number of rotatable bonds is 7. The summed E-state index contributed by atoms with van der Waals surface area (Å²) in [6.07, 6.45) is 4.70. The summed E-state index contributed by atoms with van der Waals surface area (Å²) in [6.45, 7) is 0. The van der Waals surface area contributed by atoms with Crippen LogP contribution in [0, 0.1) is 0 Å². The van der Waals surface area contributed by atoms with Crippen molar-refractivity contribution in [2.24, 2.45) is 5.10 Å². The van der Waals surface area contributed by atoms with Crippen LogP contribution in [-0.4, -0.2) is 33.2 Å². The minimum Gasteiger partial charge on any atom is -0.496 e. The summed E-state index contributed by atoms with van der Waals surface area (Å²) in [6, 6.07) is 14.1. The van der Waals surface area contributed by atoms with Crippen LogP contribution in [0.1, 0.15) is 11.1 Å². The van der Waals surface area contributed by atoms with Crippen LogP contribution in [0.5, 0.6) is 5.75 Å². The van der Waals surface area contributed by atoms with Gasteiger partial charge in [-0.05, 0) is 35.9 Å². The Morgan fingerprint density at radius 1 is 1.30 bits per heavy atom. The molecule has 2 aromatic heterocycles. The van der Waals surface area contributed by atoms with Gasteiger partial charge >= 0.3 is 0 Å². The molecule has 0 saturated heterocycles.